The van der Waals surface area contributed by atoms with Crippen molar-refractivity contribution in [1.82, 2.24) is 5.32 Å². The SMILES string of the molecule is Cc1cc2cc3c(cc2o1)SC[C@H](NC(=O)OC(C)(C)C)C(=O)N3C. The lowest BCUT2D eigenvalue weighted by Crippen LogP contribution is -2.49. The van der Waals surface area contributed by atoms with E-state index in [9.17, 15) is 9.59 Å². The van der Waals surface area contributed by atoms with Gasteiger partial charge in [0.05, 0.1) is 5.69 Å². The van der Waals surface area contributed by atoms with Crippen LogP contribution in [0.15, 0.2) is 27.5 Å². The normalized spacial score (nSPS) is 18.0. The van der Waals surface area contributed by atoms with Crippen LogP contribution < -0.4 is 10.2 Å². The van der Waals surface area contributed by atoms with Gasteiger partial charge >= 0.3 is 6.09 Å². The number of furan rings is 1. The number of likely N-dealkylation sites (N-methyl/N-ethyl adjacent to an activating group) is 1. The third-order valence-electron chi connectivity index (χ3n) is 3.81. The van der Waals surface area contributed by atoms with Crippen LogP contribution in [-0.2, 0) is 9.53 Å². The molecule has 6 nitrogen and oxygen atoms in total. The van der Waals surface area contributed by atoms with Crippen molar-refractivity contribution >= 4 is 40.4 Å². The van der Waals surface area contributed by atoms with Crippen LogP contribution in [0.25, 0.3) is 11.0 Å². The largest absolute Gasteiger partial charge is 0.461 e. The zero-order valence-corrected chi connectivity index (χ0v) is 15.8. The number of anilines is 1. The van der Waals surface area contributed by atoms with E-state index < -0.39 is 17.7 Å². The quantitative estimate of drug-likeness (QED) is 0.837. The number of rotatable bonds is 1. The van der Waals surface area contributed by atoms with Crippen LogP contribution in [0.1, 0.15) is 26.5 Å². The molecule has 25 heavy (non-hydrogen) atoms. The predicted octanol–water partition coefficient (Wildman–Crippen LogP) is 3.70. The summed E-state index contributed by atoms with van der Waals surface area (Å²) in [6.07, 6.45) is -0.588. The molecule has 1 aliphatic heterocycles. The second-order valence-corrected chi connectivity index (χ2v) is 8.18. The molecular weight excluding hydrogens is 340 g/mol. The summed E-state index contributed by atoms with van der Waals surface area (Å²) in [5.74, 6) is 1.09. The van der Waals surface area contributed by atoms with Gasteiger partial charge in [-0.1, -0.05) is 0 Å². The minimum absolute atomic E-state index is 0.170. The lowest BCUT2D eigenvalue weighted by atomic mass is 10.2. The summed E-state index contributed by atoms with van der Waals surface area (Å²) >= 11 is 1.52. The van der Waals surface area contributed by atoms with Crippen molar-refractivity contribution in [3.05, 3.63) is 24.0 Å². The van der Waals surface area contributed by atoms with Gasteiger partial charge in [-0.3, -0.25) is 4.79 Å². The number of fused-ring (bicyclic) bond motifs is 2. The standard InChI is InChI=1S/C18H22N2O4S/c1-10-6-11-7-13-15(8-14(11)23-10)25-9-12(16(21)20(13)5)19-17(22)24-18(2,3)4/h6-8,12H,9H2,1-5H3,(H,19,22)/t12-/m0/s1. The Hall–Kier alpha value is -2.15. The number of benzene rings is 1. The third kappa shape index (κ3) is 3.76. The first kappa shape index (κ1) is 17.7. The van der Waals surface area contributed by atoms with Crippen molar-refractivity contribution in [1.29, 1.82) is 0 Å². The molecule has 0 saturated heterocycles. The van der Waals surface area contributed by atoms with Gasteiger partial charge in [-0.2, -0.15) is 0 Å². The van der Waals surface area contributed by atoms with Crippen molar-refractivity contribution in [2.24, 2.45) is 0 Å². The van der Waals surface area contributed by atoms with E-state index in [4.69, 9.17) is 9.15 Å². The van der Waals surface area contributed by atoms with Gasteiger partial charge in [-0.15, -0.1) is 11.8 Å². The maximum absolute atomic E-state index is 12.8. The number of thioether (sulfide) groups is 1. The van der Waals surface area contributed by atoms with Gasteiger partial charge in [-0.25, -0.2) is 4.79 Å². The molecule has 0 fully saturated rings. The number of hydrogen-bond acceptors (Lipinski definition) is 5. The average Bonchev–Trinajstić information content (AvgIpc) is 2.81. The summed E-state index contributed by atoms with van der Waals surface area (Å²) in [5.41, 5.74) is 1.00. The van der Waals surface area contributed by atoms with E-state index in [2.05, 4.69) is 5.32 Å². The Morgan fingerprint density at radius 2 is 2.08 bits per heavy atom. The fraction of sp³-hybridized carbons (Fsp3) is 0.444. The Balaban J connectivity index is 1.84. The maximum Gasteiger partial charge on any atom is 0.408 e. The van der Waals surface area contributed by atoms with Crippen LogP contribution in [-0.4, -0.2) is 36.4 Å². The minimum atomic E-state index is -0.648. The van der Waals surface area contributed by atoms with E-state index in [1.807, 2.05) is 25.1 Å². The van der Waals surface area contributed by atoms with Crippen molar-refractivity contribution in [3.63, 3.8) is 0 Å². The first-order valence-electron chi connectivity index (χ1n) is 8.08. The van der Waals surface area contributed by atoms with Crippen LogP contribution in [0.2, 0.25) is 0 Å². The highest BCUT2D eigenvalue weighted by Crippen LogP contribution is 2.37. The molecule has 1 aliphatic rings. The Bertz CT molecular complexity index is 837. The van der Waals surface area contributed by atoms with E-state index >= 15 is 0 Å². The van der Waals surface area contributed by atoms with Crippen molar-refractivity contribution in [2.45, 2.75) is 44.2 Å². The summed E-state index contributed by atoms with van der Waals surface area (Å²) in [6, 6.07) is 5.19. The zero-order chi connectivity index (χ0) is 18.4. The number of amides is 2. The summed E-state index contributed by atoms with van der Waals surface area (Å²) < 4.78 is 10.9. The van der Waals surface area contributed by atoms with Crippen LogP contribution in [0.5, 0.6) is 0 Å². The number of carbonyl (C=O) groups is 2. The van der Waals surface area contributed by atoms with Gasteiger partial charge in [0.2, 0.25) is 5.91 Å². The molecular formula is C18H22N2O4S. The molecule has 134 valence electrons. The van der Waals surface area contributed by atoms with Crippen molar-refractivity contribution in [3.8, 4) is 0 Å². The topological polar surface area (TPSA) is 71.8 Å². The van der Waals surface area contributed by atoms with Crippen LogP contribution in [0, 0.1) is 6.92 Å². The van der Waals surface area contributed by atoms with Crippen LogP contribution in [0.4, 0.5) is 10.5 Å². The molecule has 2 aromatic rings. The summed E-state index contributed by atoms with van der Waals surface area (Å²) in [6.45, 7) is 7.26. The van der Waals surface area contributed by atoms with Crippen molar-refractivity contribution < 1.29 is 18.7 Å². The maximum atomic E-state index is 12.8. The molecule has 1 atom stereocenters. The number of aryl methyl sites for hydroxylation is 1. The Morgan fingerprint density at radius 1 is 1.36 bits per heavy atom. The van der Waals surface area contributed by atoms with E-state index in [0.717, 1.165) is 27.3 Å². The molecule has 7 heteroatoms. The van der Waals surface area contributed by atoms with Gasteiger partial charge in [0.15, 0.2) is 0 Å². The van der Waals surface area contributed by atoms with Gasteiger partial charge in [0.1, 0.15) is 23.0 Å². The smallest absolute Gasteiger partial charge is 0.408 e. The molecule has 0 saturated carbocycles. The molecule has 1 aromatic carbocycles. The highest BCUT2D eigenvalue weighted by atomic mass is 32.2. The third-order valence-corrected chi connectivity index (χ3v) is 4.95. The van der Waals surface area contributed by atoms with Gasteiger partial charge in [-0.05, 0) is 45.9 Å². The number of ether oxygens (including phenoxy) is 1. The van der Waals surface area contributed by atoms with E-state index in [1.165, 1.54) is 11.8 Å². The van der Waals surface area contributed by atoms with Gasteiger partial charge in [0, 0.05) is 23.1 Å². The van der Waals surface area contributed by atoms with Crippen molar-refractivity contribution in [2.75, 3.05) is 17.7 Å². The molecule has 1 N–H and O–H groups in total. The molecule has 1 aromatic heterocycles. The van der Waals surface area contributed by atoms with Crippen LogP contribution in [0.3, 0.4) is 0 Å². The fourth-order valence-corrected chi connectivity index (χ4v) is 3.82. The molecule has 3 rings (SSSR count). The summed E-state index contributed by atoms with van der Waals surface area (Å²) in [5, 5.41) is 3.63. The Kier molecular flexibility index (Phi) is 4.45. The van der Waals surface area contributed by atoms with E-state index in [0.29, 0.717) is 5.75 Å². The van der Waals surface area contributed by atoms with E-state index in [1.54, 1.807) is 32.7 Å². The highest BCUT2D eigenvalue weighted by molar-refractivity contribution is 7.99. The molecule has 0 radical (unpaired) electrons. The van der Waals surface area contributed by atoms with E-state index in [-0.39, 0.29) is 5.91 Å². The number of alkyl carbamates (subject to hydrolysis) is 1. The second-order valence-electron chi connectivity index (χ2n) is 7.12. The highest BCUT2D eigenvalue weighted by Gasteiger charge is 2.31. The lowest BCUT2D eigenvalue weighted by molar-refractivity contribution is -0.119. The predicted molar refractivity (Wildman–Crippen MR) is 98.2 cm³/mol. The molecule has 2 amide bonds. The average molecular weight is 362 g/mol. The first-order chi connectivity index (χ1) is 11.6. The zero-order valence-electron chi connectivity index (χ0n) is 15.0. The molecule has 0 aliphatic carbocycles. The van der Waals surface area contributed by atoms with Gasteiger partial charge < -0.3 is 19.4 Å². The van der Waals surface area contributed by atoms with Crippen LogP contribution >= 0.6 is 11.8 Å². The monoisotopic (exact) mass is 362 g/mol. The molecule has 0 bridgehead atoms. The van der Waals surface area contributed by atoms with Gasteiger partial charge in [0.25, 0.3) is 0 Å². The fourth-order valence-electron chi connectivity index (χ4n) is 2.72. The number of nitrogens with zero attached hydrogens (tertiary/aromatic N) is 1. The first-order valence-corrected chi connectivity index (χ1v) is 9.07. The number of nitrogens with one attached hydrogen (secondary N) is 1. The Labute approximate surface area is 150 Å². The number of hydrogen-bond donors (Lipinski definition) is 1. The summed E-state index contributed by atoms with van der Waals surface area (Å²) in [4.78, 5) is 27.3. The molecule has 0 spiro atoms. The summed E-state index contributed by atoms with van der Waals surface area (Å²) in [7, 11) is 1.72. The lowest BCUT2D eigenvalue weighted by Gasteiger charge is -2.24. The number of carbonyl (C=O) groups excluding carboxylic acids is 2. The molecule has 2 heterocycles. The second kappa shape index (κ2) is 6.29. The Morgan fingerprint density at radius 3 is 2.76 bits per heavy atom. The molecule has 0 unspecified atom stereocenters. The minimum Gasteiger partial charge on any atom is -0.461 e.